The Bertz CT molecular complexity index is 264. The predicted octanol–water partition coefficient (Wildman–Crippen LogP) is 1.07. The van der Waals surface area contributed by atoms with E-state index in [0.717, 1.165) is 0 Å². The van der Waals surface area contributed by atoms with Crippen LogP contribution >= 0.6 is 27.3 Å². The molecule has 5 nitrogen and oxygen atoms in total. The minimum atomic E-state index is -1.06. The molecule has 1 rings (SSSR count). The van der Waals surface area contributed by atoms with E-state index in [-0.39, 0.29) is 6.54 Å². The lowest BCUT2D eigenvalue weighted by atomic mass is 10.7. The predicted molar refractivity (Wildman–Crippen MR) is 42.5 cm³/mol. The molecular weight excluding hydrogens is 234 g/mol. The normalized spacial score (nSPS) is 9.55. The molecule has 0 unspecified atom stereocenters. The molecule has 1 aromatic rings. The Balaban J connectivity index is 2.45. The third kappa shape index (κ3) is 2.81. The van der Waals surface area contributed by atoms with Crippen molar-refractivity contribution in [1.29, 1.82) is 0 Å². The largest absolute Gasteiger partial charge is 0.465 e. The maximum atomic E-state index is 10.0. The minimum absolute atomic E-state index is 0.207. The number of nitrogens with one attached hydrogen (secondary N) is 1. The zero-order chi connectivity index (χ0) is 8.27. The van der Waals surface area contributed by atoms with E-state index in [0.29, 0.717) is 8.92 Å². The topological polar surface area (TPSA) is 75.1 Å². The Labute approximate surface area is 74.6 Å². The van der Waals surface area contributed by atoms with Crippen molar-refractivity contribution < 1.29 is 9.90 Å². The zero-order valence-corrected chi connectivity index (χ0v) is 7.65. The second-order valence-electron chi connectivity index (χ2n) is 1.61. The van der Waals surface area contributed by atoms with Crippen LogP contribution in [0, 0.1) is 0 Å². The second kappa shape index (κ2) is 3.63. The summed E-state index contributed by atoms with van der Waals surface area (Å²) in [6, 6.07) is 0. The smallest absolute Gasteiger partial charge is 0.405 e. The highest BCUT2D eigenvalue weighted by Crippen LogP contribution is 2.14. The van der Waals surface area contributed by atoms with Crippen LogP contribution in [-0.4, -0.2) is 21.4 Å². The standard InChI is InChI=1S/C4H4BrN3O2S/c5-3-8-7-2(11-3)1-6-4(9)10/h6H,1H2,(H,9,10). The highest BCUT2D eigenvalue weighted by Gasteiger charge is 2.01. The summed E-state index contributed by atoms with van der Waals surface area (Å²) in [4.78, 5) is 10.0. The van der Waals surface area contributed by atoms with E-state index in [9.17, 15) is 4.79 Å². The molecule has 0 aliphatic rings. The molecular formula is C4H4BrN3O2S. The van der Waals surface area contributed by atoms with Gasteiger partial charge in [-0.2, -0.15) is 0 Å². The molecule has 0 saturated carbocycles. The number of hydrogen-bond acceptors (Lipinski definition) is 4. The molecule has 0 radical (unpaired) electrons. The molecule has 0 aliphatic carbocycles. The first-order valence-corrected chi connectivity index (χ1v) is 4.24. The number of halogens is 1. The molecule has 1 aromatic heterocycles. The summed E-state index contributed by atoms with van der Waals surface area (Å²) in [5.74, 6) is 0. The molecule has 0 bridgehead atoms. The first kappa shape index (κ1) is 8.41. The zero-order valence-electron chi connectivity index (χ0n) is 5.24. The number of aromatic nitrogens is 2. The summed E-state index contributed by atoms with van der Waals surface area (Å²) in [7, 11) is 0. The van der Waals surface area contributed by atoms with Crippen LogP contribution in [0.2, 0.25) is 0 Å². The van der Waals surface area contributed by atoms with Gasteiger partial charge in [-0.05, 0) is 15.9 Å². The summed E-state index contributed by atoms with van der Waals surface area (Å²) >= 11 is 4.41. The molecule has 11 heavy (non-hydrogen) atoms. The molecule has 60 valence electrons. The quantitative estimate of drug-likeness (QED) is 0.807. The first-order chi connectivity index (χ1) is 5.18. The summed E-state index contributed by atoms with van der Waals surface area (Å²) in [5.41, 5.74) is 0. The van der Waals surface area contributed by atoms with Gasteiger partial charge in [-0.15, -0.1) is 10.2 Å². The van der Waals surface area contributed by atoms with Gasteiger partial charge in [0.1, 0.15) is 5.01 Å². The number of rotatable bonds is 2. The Kier molecular flexibility index (Phi) is 2.77. The van der Waals surface area contributed by atoms with Crippen LogP contribution in [0.1, 0.15) is 5.01 Å². The van der Waals surface area contributed by atoms with Crippen LogP contribution in [0.4, 0.5) is 4.79 Å². The molecule has 0 saturated heterocycles. The van der Waals surface area contributed by atoms with Gasteiger partial charge in [0, 0.05) is 0 Å². The average molecular weight is 238 g/mol. The van der Waals surface area contributed by atoms with Gasteiger partial charge in [-0.1, -0.05) is 11.3 Å². The van der Waals surface area contributed by atoms with E-state index in [4.69, 9.17) is 5.11 Å². The fraction of sp³-hybridized carbons (Fsp3) is 0.250. The van der Waals surface area contributed by atoms with Crippen molar-refractivity contribution in [3.05, 3.63) is 8.92 Å². The molecule has 0 aliphatic heterocycles. The maximum Gasteiger partial charge on any atom is 0.405 e. The first-order valence-electron chi connectivity index (χ1n) is 2.63. The van der Waals surface area contributed by atoms with Gasteiger partial charge in [-0.25, -0.2) is 4.79 Å². The molecule has 0 aromatic carbocycles. The molecule has 0 atom stereocenters. The van der Waals surface area contributed by atoms with E-state index >= 15 is 0 Å². The van der Waals surface area contributed by atoms with Crippen molar-refractivity contribution in [3.8, 4) is 0 Å². The summed E-state index contributed by atoms with van der Waals surface area (Å²) in [6.45, 7) is 0.207. The number of carboxylic acid groups (broad SMARTS) is 1. The van der Waals surface area contributed by atoms with E-state index < -0.39 is 6.09 Å². The molecule has 1 amide bonds. The van der Waals surface area contributed by atoms with E-state index in [1.165, 1.54) is 11.3 Å². The van der Waals surface area contributed by atoms with Crippen molar-refractivity contribution in [2.75, 3.05) is 0 Å². The summed E-state index contributed by atoms with van der Waals surface area (Å²) in [5, 5.41) is 18.4. The van der Waals surface area contributed by atoms with Crippen LogP contribution in [-0.2, 0) is 6.54 Å². The van der Waals surface area contributed by atoms with E-state index in [1.54, 1.807) is 0 Å². The number of amides is 1. The average Bonchev–Trinajstić information content (AvgIpc) is 2.31. The lowest BCUT2D eigenvalue weighted by Gasteiger charge is -1.92. The molecule has 2 N–H and O–H groups in total. The van der Waals surface area contributed by atoms with Gasteiger partial charge in [0.25, 0.3) is 0 Å². The lowest BCUT2D eigenvalue weighted by molar-refractivity contribution is 0.194. The van der Waals surface area contributed by atoms with Crippen LogP contribution in [0.15, 0.2) is 3.92 Å². The van der Waals surface area contributed by atoms with Crippen LogP contribution in [0.25, 0.3) is 0 Å². The fourth-order valence-corrected chi connectivity index (χ4v) is 1.60. The molecule has 0 spiro atoms. The van der Waals surface area contributed by atoms with Crippen LogP contribution in [0.3, 0.4) is 0 Å². The van der Waals surface area contributed by atoms with Gasteiger partial charge in [-0.3, -0.25) is 0 Å². The Morgan fingerprint density at radius 1 is 1.73 bits per heavy atom. The Morgan fingerprint density at radius 3 is 2.91 bits per heavy atom. The summed E-state index contributed by atoms with van der Waals surface area (Å²) < 4.78 is 0.652. The highest BCUT2D eigenvalue weighted by molar-refractivity contribution is 9.11. The maximum absolute atomic E-state index is 10.0. The van der Waals surface area contributed by atoms with Crippen molar-refractivity contribution in [2.24, 2.45) is 0 Å². The molecule has 1 heterocycles. The van der Waals surface area contributed by atoms with Gasteiger partial charge >= 0.3 is 6.09 Å². The van der Waals surface area contributed by atoms with Crippen LogP contribution < -0.4 is 5.32 Å². The van der Waals surface area contributed by atoms with Crippen molar-refractivity contribution in [1.82, 2.24) is 15.5 Å². The van der Waals surface area contributed by atoms with E-state index in [2.05, 4.69) is 31.4 Å². The van der Waals surface area contributed by atoms with Gasteiger partial charge < -0.3 is 10.4 Å². The highest BCUT2D eigenvalue weighted by atomic mass is 79.9. The number of carbonyl (C=O) groups is 1. The molecule has 7 heteroatoms. The summed E-state index contributed by atoms with van der Waals surface area (Å²) in [6.07, 6.45) is -1.06. The van der Waals surface area contributed by atoms with Crippen molar-refractivity contribution in [2.45, 2.75) is 6.54 Å². The fourth-order valence-electron chi connectivity index (χ4n) is 0.456. The third-order valence-electron chi connectivity index (χ3n) is 0.833. The van der Waals surface area contributed by atoms with Gasteiger partial charge in [0.2, 0.25) is 0 Å². The van der Waals surface area contributed by atoms with Gasteiger partial charge in [0.05, 0.1) is 6.54 Å². The molecule has 0 fully saturated rings. The third-order valence-corrected chi connectivity index (χ3v) is 2.19. The minimum Gasteiger partial charge on any atom is -0.465 e. The van der Waals surface area contributed by atoms with E-state index in [1.807, 2.05) is 0 Å². The Hall–Kier alpha value is -0.690. The number of hydrogen-bond donors (Lipinski definition) is 2. The second-order valence-corrected chi connectivity index (χ2v) is 3.95. The van der Waals surface area contributed by atoms with Gasteiger partial charge in [0.15, 0.2) is 3.92 Å². The number of nitrogens with zero attached hydrogens (tertiary/aromatic N) is 2. The SMILES string of the molecule is O=C(O)NCc1nnc(Br)s1. The Morgan fingerprint density at radius 2 is 2.45 bits per heavy atom. The monoisotopic (exact) mass is 237 g/mol. The van der Waals surface area contributed by atoms with Crippen LogP contribution in [0.5, 0.6) is 0 Å². The van der Waals surface area contributed by atoms with Crippen molar-refractivity contribution in [3.63, 3.8) is 0 Å². The lowest BCUT2D eigenvalue weighted by Crippen LogP contribution is -2.19. The van der Waals surface area contributed by atoms with Crippen molar-refractivity contribution >= 4 is 33.4 Å².